The third-order valence-electron chi connectivity index (χ3n) is 2.73. The number of nitrogens with one attached hydrogen (secondary N) is 2. The summed E-state index contributed by atoms with van der Waals surface area (Å²) in [6.45, 7) is 3.56. The molecule has 21 heavy (non-hydrogen) atoms. The van der Waals surface area contributed by atoms with E-state index in [4.69, 9.17) is 0 Å². The van der Waals surface area contributed by atoms with Gasteiger partial charge in [0.1, 0.15) is 0 Å². The predicted octanol–water partition coefficient (Wildman–Crippen LogP) is 1.77. The maximum atomic E-state index is 4.39. The molecule has 2 aromatic rings. The van der Waals surface area contributed by atoms with Gasteiger partial charge in [-0.3, -0.25) is 4.98 Å². The summed E-state index contributed by atoms with van der Waals surface area (Å²) in [5.41, 5.74) is 1.08. The van der Waals surface area contributed by atoms with E-state index in [0.717, 1.165) is 18.5 Å². The molecule has 0 amide bonds. The highest BCUT2D eigenvalue weighted by atomic mass is 15.3. The minimum atomic E-state index is 0.552. The van der Waals surface area contributed by atoms with Crippen LogP contribution in [-0.4, -0.2) is 40.6 Å². The summed E-state index contributed by atoms with van der Waals surface area (Å²) in [6, 6.07) is 3.91. The van der Waals surface area contributed by atoms with Gasteiger partial charge in [0, 0.05) is 39.6 Å². The Labute approximate surface area is 124 Å². The van der Waals surface area contributed by atoms with Gasteiger partial charge in [-0.05, 0) is 18.1 Å². The number of rotatable bonds is 7. The van der Waals surface area contributed by atoms with Crippen molar-refractivity contribution >= 4 is 17.8 Å². The highest BCUT2D eigenvalue weighted by Gasteiger charge is 2.07. The van der Waals surface area contributed by atoms with Crippen molar-refractivity contribution in [3.63, 3.8) is 0 Å². The van der Waals surface area contributed by atoms with Crippen LogP contribution in [0.2, 0.25) is 0 Å². The van der Waals surface area contributed by atoms with Crippen LogP contribution in [-0.2, 0) is 6.54 Å². The van der Waals surface area contributed by atoms with Gasteiger partial charge in [0.15, 0.2) is 0 Å². The second kappa shape index (κ2) is 7.37. The summed E-state index contributed by atoms with van der Waals surface area (Å²) >= 11 is 0. The first-order valence-corrected chi connectivity index (χ1v) is 6.99. The second-order valence-electron chi connectivity index (χ2n) is 4.82. The first-order chi connectivity index (χ1) is 10.2. The minimum absolute atomic E-state index is 0.552. The van der Waals surface area contributed by atoms with Gasteiger partial charge in [-0.15, -0.1) is 0 Å². The van der Waals surface area contributed by atoms with Gasteiger partial charge in [-0.25, -0.2) is 0 Å². The zero-order valence-corrected chi connectivity index (χ0v) is 12.7. The van der Waals surface area contributed by atoms with Crippen molar-refractivity contribution in [2.24, 2.45) is 0 Å². The van der Waals surface area contributed by atoms with Crippen molar-refractivity contribution in [1.82, 2.24) is 19.9 Å². The maximum Gasteiger partial charge on any atom is 0.231 e. The van der Waals surface area contributed by atoms with E-state index >= 15 is 0 Å². The molecule has 2 aromatic heterocycles. The first-order valence-electron chi connectivity index (χ1n) is 6.99. The fourth-order valence-corrected chi connectivity index (χ4v) is 1.64. The van der Waals surface area contributed by atoms with Crippen LogP contribution in [0.1, 0.15) is 18.9 Å². The summed E-state index contributed by atoms with van der Waals surface area (Å²) in [5, 5.41) is 6.39. The highest BCUT2D eigenvalue weighted by Crippen LogP contribution is 2.12. The summed E-state index contributed by atoms with van der Waals surface area (Å²) in [4.78, 5) is 19.1. The van der Waals surface area contributed by atoms with Crippen molar-refractivity contribution in [3.05, 3.63) is 30.1 Å². The summed E-state index contributed by atoms with van der Waals surface area (Å²) in [6.07, 6.45) is 4.59. The second-order valence-corrected chi connectivity index (χ2v) is 4.82. The SMILES string of the molecule is CCCNc1nc(NCc2cccnc2)nc(N(C)C)n1. The van der Waals surface area contributed by atoms with Crippen LogP contribution in [0.15, 0.2) is 24.5 Å². The molecule has 2 rings (SSSR count). The topological polar surface area (TPSA) is 78.9 Å². The lowest BCUT2D eigenvalue weighted by atomic mass is 10.3. The average Bonchev–Trinajstić information content (AvgIpc) is 2.51. The molecule has 0 aliphatic carbocycles. The molecule has 0 fully saturated rings. The Bertz CT molecular complexity index is 557. The molecule has 2 heterocycles. The van der Waals surface area contributed by atoms with Gasteiger partial charge in [0.2, 0.25) is 17.8 Å². The Morgan fingerprint density at radius 3 is 2.48 bits per heavy atom. The quantitative estimate of drug-likeness (QED) is 0.803. The van der Waals surface area contributed by atoms with Crippen LogP contribution in [0.3, 0.4) is 0 Å². The zero-order valence-electron chi connectivity index (χ0n) is 12.7. The standard InChI is InChI=1S/C14H21N7/c1-4-7-16-12-18-13(20-14(19-12)21(2)3)17-10-11-6-5-8-15-9-11/h5-6,8-9H,4,7,10H2,1-3H3,(H2,16,17,18,19,20). The van der Waals surface area contributed by atoms with Crippen molar-refractivity contribution in [3.8, 4) is 0 Å². The third kappa shape index (κ3) is 4.55. The molecule has 7 nitrogen and oxygen atoms in total. The van der Waals surface area contributed by atoms with Gasteiger partial charge in [-0.2, -0.15) is 15.0 Å². The van der Waals surface area contributed by atoms with E-state index in [2.05, 4.69) is 37.5 Å². The smallest absolute Gasteiger partial charge is 0.231 e. The van der Waals surface area contributed by atoms with E-state index in [1.165, 1.54) is 0 Å². The van der Waals surface area contributed by atoms with Crippen molar-refractivity contribution < 1.29 is 0 Å². The fourth-order valence-electron chi connectivity index (χ4n) is 1.64. The van der Waals surface area contributed by atoms with E-state index in [1.54, 1.807) is 6.20 Å². The van der Waals surface area contributed by atoms with E-state index in [9.17, 15) is 0 Å². The van der Waals surface area contributed by atoms with Gasteiger partial charge < -0.3 is 15.5 Å². The number of hydrogen-bond acceptors (Lipinski definition) is 7. The monoisotopic (exact) mass is 287 g/mol. The largest absolute Gasteiger partial charge is 0.354 e. The van der Waals surface area contributed by atoms with E-state index in [0.29, 0.717) is 24.4 Å². The van der Waals surface area contributed by atoms with Gasteiger partial charge >= 0.3 is 0 Å². The molecule has 0 bridgehead atoms. The molecular formula is C14H21N7. The van der Waals surface area contributed by atoms with Crippen molar-refractivity contribution in [1.29, 1.82) is 0 Å². The molecule has 0 spiro atoms. The van der Waals surface area contributed by atoms with Crippen molar-refractivity contribution in [2.75, 3.05) is 36.2 Å². The Hall–Kier alpha value is -2.44. The molecule has 0 aliphatic rings. The number of anilines is 3. The molecule has 0 aliphatic heterocycles. The Kier molecular flexibility index (Phi) is 5.25. The summed E-state index contributed by atoms with van der Waals surface area (Å²) in [5.74, 6) is 1.76. The van der Waals surface area contributed by atoms with E-state index < -0.39 is 0 Å². The predicted molar refractivity (Wildman–Crippen MR) is 84.5 cm³/mol. The van der Waals surface area contributed by atoms with Crippen LogP contribution in [0.4, 0.5) is 17.8 Å². The number of nitrogens with zero attached hydrogens (tertiary/aromatic N) is 5. The number of pyridine rings is 1. The lowest BCUT2D eigenvalue weighted by Gasteiger charge is -2.14. The van der Waals surface area contributed by atoms with Crippen LogP contribution in [0.25, 0.3) is 0 Å². The van der Waals surface area contributed by atoms with Gasteiger partial charge in [-0.1, -0.05) is 13.0 Å². The van der Waals surface area contributed by atoms with Crippen LogP contribution in [0.5, 0.6) is 0 Å². The Morgan fingerprint density at radius 1 is 1.10 bits per heavy atom. The molecule has 2 N–H and O–H groups in total. The minimum Gasteiger partial charge on any atom is -0.354 e. The zero-order chi connectivity index (χ0) is 15.1. The van der Waals surface area contributed by atoms with Crippen molar-refractivity contribution in [2.45, 2.75) is 19.9 Å². The lowest BCUT2D eigenvalue weighted by Crippen LogP contribution is -2.17. The summed E-state index contributed by atoms with van der Waals surface area (Å²) in [7, 11) is 3.81. The molecule has 0 aromatic carbocycles. The summed E-state index contributed by atoms with van der Waals surface area (Å²) < 4.78 is 0. The molecule has 0 saturated carbocycles. The van der Waals surface area contributed by atoms with Gasteiger partial charge in [0.25, 0.3) is 0 Å². The van der Waals surface area contributed by atoms with E-state index in [1.807, 2.05) is 37.3 Å². The maximum absolute atomic E-state index is 4.39. The molecule has 0 unspecified atom stereocenters. The Morgan fingerprint density at radius 2 is 1.86 bits per heavy atom. The lowest BCUT2D eigenvalue weighted by molar-refractivity contribution is 0.909. The highest BCUT2D eigenvalue weighted by molar-refractivity contribution is 5.43. The molecule has 0 saturated heterocycles. The number of aromatic nitrogens is 4. The van der Waals surface area contributed by atoms with Crippen LogP contribution < -0.4 is 15.5 Å². The van der Waals surface area contributed by atoms with E-state index in [-0.39, 0.29) is 0 Å². The fraction of sp³-hybridized carbons (Fsp3) is 0.429. The van der Waals surface area contributed by atoms with Gasteiger partial charge in [0.05, 0.1) is 0 Å². The van der Waals surface area contributed by atoms with Crippen LogP contribution >= 0.6 is 0 Å². The molecule has 7 heteroatoms. The third-order valence-corrected chi connectivity index (χ3v) is 2.73. The normalized spacial score (nSPS) is 10.2. The number of hydrogen-bond donors (Lipinski definition) is 2. The molecule has 0 atom stereocenters. The average molecular weight is 287 g/mol. The molecule has 112 valence electrons. The molecular weight excluding hydrogens is 266 g/mol. The first kappa shape index (κ1) is 15.0. The van der Waals surface area contributed by atoms with Crippen LogP contribution in [0, 0.1) is 0 Å². The Balaban J connectivity index is 2.11. The molecule has 0 radical (unpaired) electrons.